The summed E-state index contributed by atoms with van der Waals surface area (Å²) in [7, 11) is 0. The third-order valence-corrected chi connectivity index (χ3v) is 1.52. The maximum atomic E-state index is 10.9. The summed E-state index contributed by atoms with van der Waals surface area (Å²) >= 11 is 3.55. The van der Waals surface area contributed by atoms with Crippen LogP contribution in [0.15, 0.2) is 18.2 Å². The van der Waals surface area contributed by atoms with E-state index in [1.165, 1.54) is 13.0 Å². The number of amides is 2. The number of aromatic nitrogens is 1. The third kappa shape index (κ3) is 3.86. The predicted octanol–water partition coefficient (Wildman–Crippen LogP) is 0.973. The van der Waals surface area contributed by atoms with E-state index in [4.69, 9.17) is 4.74 Å². The fourth-order valence-electron chi connectivity index (χ4n) is 0.833. The molecule has 0 unspecified atom stereocenters. The molecule has 0 aliphatic rings. The highest BCUT2D eigenvalue weighted by Crippen LogP contribution is 2.11. The highest BCUT2D eigenvalue weighted by molar-refractivity contribution is 7.78. The minimum atomic E-state index is -0.522. The Morgan fingerprint density at radius 1 is 1.47 bits per heavy atom. The number of anilines is 1. The molecule has 1 heterocycles. The Labute approximate surface area is 91.6 Å². The molecule has 0 aromatic carbocycles. The van der Waals surface area contributed by atoms with Crippen molar-refractivity contribution in [3.63, 3.8) is 0 Å². The first kappa shape index (κ1) is 11.3. The van der Waals surface area contributed by atoms with Gasteiger partial charge in [0.25, 0.3) is 0 Å². The number of esters is 1. The van der Waals surface area contributed by atoms with Crippen LogP contribution in [0.25, 0.3) is 0 Å². The van der Waals surface area contributed by atoms with Crippen LogP contribution >= 0.6 is 12.8 Å². The Morgan fingerprint density at radius 3 is 2.80 bits per heavy atom. The second kappa shape index (κ2) is 5.20. The molecular formula is C8H9N3O3S. The molecule has 0 saturated heterocycles. The SMILES string of the molecule is CC(=O)Oc1cccc(NC(=O)NS)n1. The summed E-state index contributed by atoms with van der Waals surface area (Å²) in [5, 5.41) is 2.38. The standard InChI is InChI=1S/C8H9N3O3S/c1-5(12)14-7-4-2-3-6(9-7)10-8(13)11-15/h2-4,15H,1H3,(H2,9,10,11,13). The third-order valence-electron chi connectivity index (χ3n) is 1.31. The van der Waals surface area contributed by atoms with Crippen molar-refractivity contribution in [3.05, 3.63) is 18.2 Å². The number of urea groups is 1. The normalized spacial score (nSPS) is 9.20. The van der Waals surface area contributed by atoms with Gasteiger partial charge in [-0.2, -0.15) is 4.98 Å². The van der Waals surface area contributed by atoms with E-state index in [1.54, 1.807) is 12.1 Å². The van der Waals surface area contributed by atoms with Crippen LogP contribution in [0.1, 0.15) is 6.92 Å². The number of hydrogen-bond acceptors (Lipinski definition) is 5. The van der Waals surface area contributed by atoms with E-state index in [2.05, 4.69) is 27.8 Å². The van der Waals surface area contributed by atoms with Gasteiger partial charge in [0.15, 0.2) is 0 Å². The van der Waals surface area contributed by atoms with Gasteiger partial charge in [0.05, 0.1) is 0 Å². The van der Waals surface area contributed by atoms with Gasteiger partial charge in [-0.15, -0.1) is 0 Å². The van der Waals surface area contributed by atoms with Crippen molar-refractivity contribution in [1.29, 1.82) is 0 Å². The summed E-state index contributed by atoms with van der Waals surface area (Å²) in [6.45, 7) is 1.27. The minimum absolute atomic E-state index is 0.125. The quantitative estimate of drug-likeness (QED) is 0.519. The number of nitrogens with zero attached hydrogens (tertiary/aromatic N) is 1. The summed E-state index contributed by atoms with van der Waals surface area (Å²) in [6.07, 6.45) is 0. The van der Waals surface area contributed by atoms with Gasteiger partial charge in [-0.3, -0.25) is 14.8 Å². The second-order valence-electron chi connectivity index (χ2n) is 2.52. The Kier molecular flexibility index (Phi) is 3.92. The van der Waals surface area contributed by atoms with Crippen molar-refractivity contribution < 1.29 is 14.3 Å². The van der Waals surface area contributed by atoms with Gasteiger partial charge < -0.3 is 4.74 Å². The van der Waals surface area contributed by atoms with Crippen LogP contribution in [-0.2, 0) is 4.79 Å². The van der Waals surface area contributed by atoms with Gasteiger partial charge >= 0.3 is 12.0 Å². The molecule has 2 N–H and O–H groups in total. The van der Waals surface area contributed by atoms with E-state index in [0.29, 0.717) is 0 Å². The van der Waals surface area contributed by atoms with Crippen LogP contribution in [0.3, 0.4) is 0 Å². The number of carbonyl (C=O) groups is 2. The maximum Gasteiger partial charge on any atom is 0.330 e. The molecule has 0 aliphatic heterocycles. The zero-order chi connectivity index (χ0) is 11.3. The van der Waals surface area contributed by atoms with E-state index in [0.717, 1.165) is 0 Å². The molecule has 0 bridgehead atoms. The number of ether oxygens (including phenoxy) is 1. The first-order valence-electron chi connectivity index (χ1n) is 3.98. The molecule has 1 rings (SSSR count). The first-order chi connectivity index (χ1) is 7.11. The van der Waals surface area contributed by atoms with Crippen LogP contribution < -0.4 is 14.8 Å². The van der Waals surface area contributed by atoms with Gasteiger partial charge in [0.1, 0.15) is 5.82 Å². The lowest BCUT2D eigenvalue weighted by atomic mass is 10.4. The number of nitrogens with one attached hydrogen (secondary N) is 2. The molecule has 1 aromatic rings. The van der Waals surface area contributed by atoms with E-state index in [9.17, 15) is 9.59 Å². The lowest BCUT2D eigenvalue weighted by Gasteiger charge is -2.04. The molecule has 0 spiro atoms. The topological polar surface area (TPSA) is 80.3 Å². The first-order valence-corrected chi connectivity index (χ1v) is 4.43. The van der Waals surface area contributed by atoms with Crippen molar-refractivity contribution in [2.24, 2.45) is 0 Å². The van der Waals surface area contributed by atoms with Gasteiger partial charge in [0.2, 0.25) is 5.88 Å². The van der Waals surface area contributed by atoms with E-state index >= 15 is 0 Å². The van der Waals surface area contributed by atoms with Crippen molar-refractivity contribution in [2.75, 3.05) is 5.32 Å². The summed E-state index contributed by atoms with van der Waals surface area (Å²) in [5.41, 5.74) is 0. The molecular weight excluding hydrogens is 218 g/mol. The van der Waals surface area contributed by atoms with Gasteiger partial charge in [0, 0.05) is 13.0 Å². The highest BCUT2D eigenvalue weighted by Gasteiger charge is 2.03. The molecule has 0 fully saturated rings. The fourth-order valence-corrected chi connectivity index (χ4v) is 0.889. The van der Waals surface area contributed by atoms with Gasteiger partial charge in [-0.05, 0) is 6.07 Å². The largest absolute Gasteiger partial charge is 0.408 e. The number of hydrogen-bond donors (Lipinski definition) is 3. The van der Waals surface area contributed by atoms with Crippen LogP contribution in [0, 0.1) is 0 Å². The second-order valence-corrected chi connectivity index (χ2v) is 2.74. The minimum Gasteiger partial charge on any atom is -0.408 e. The number of rotatable bonds is 2. The fraction of sp³-hybridized carbons (Fsp3) is 0.125. The summed E-state index contributed by atoms with van der Waals surface area (Å²) in [5.74, 6) is -0.0851. The van der Waals surface area contributed by atoms with Crippen molar-refractivity contribution in [2.45, 2.75) is 6.92 Å². The molecule has 6 nitrogen and oxygen atoms in total. The highest BCUT2D eigenvalue weighted by atomic mass is 32.1. The van der Waals surface area contributed by atoms with E-state index < -0.39 is 12.0 Å². The summed E-state index contributed by atoms with van der Waals surface area (Å²) < 4.78 is 6.80. The molecule has 15 heavy (non-hydrogen) atoms. The zero-order valence-corrected chi connectivity index (χ0v) is 8.75. The predicted molar refractivity (Wildman–Crippen MR) is 56.7 cm³/mol. The molecule has 80 valence electrons. The Hall–Kier alpha value is -1.76. The van der Waals surface area contributed by atoms with Crippen LogP contribution in [0.5, 0.6) is 5.88 Å². The lowest BCUT2D eigenvalue weighted by Crippen LogP contribution is -2.21. The van der Waals surface area contributed by atoms with Gasteiger partial charge in [-0.25, -0.2) is 4.79 Å². The molecule has 7 heteroatoms. The lowest BCUT2D eigenvalue weighted by molar-refractivity contribution is -0.132. The van der Waals surface area contributed by atoms with Crippen molar-refractivity contribution >= 4 is 30.6 Å². The smallest absolute Gasteiger partial charge is 0.330 e. The van der Waals surface area contributed by atoms with Crippen molar-refractivity contribution in [1.82, 2.24) is 9.71 Å². The molecule has 1 aromatic heterocycles. The molecule has 0 radical (unpaired) electrons. The van der Waals surface area contributed by atoms with Gasteiger partial charge in [-0.1, -0.05) is 18.9 Å². The van der Waals surface area contributed by atoms with E-state index in [1.807, 2.05) is 0 Å². The maximum absolute atomic E-state index is 10.9. The van der Waals surface area contributed by atoms with Crippen molar-refractivity contribution in [3.8, 4) is 5.88 Å². The van der Waals surface area contributed by atoms with E-state index in [-0.39, 0.29) is 11.7 Å². The number of thiol groups is 1. The Morgan fingerprint density at radius 2 is 2.20 bits per heavy atom. The average Bonchev–Trinajstić information content (AvgIpc) is 2.17. The number of pyridine rings is 1. The summed E-state index contributed by atoms with van der Waals surface area (Å²) in [4.78, 5) is 25.3. The molecule has 0 atom stereocenters. The average molecular weight is 227 g/mol. The summed E-state index contributed by atoms with van der Waals surface area (Å²) in [6, 6.07) is 4.13. The Bertz CT molecular complexity index is 383. The zero-order valence-electron chi connectivity index (χ0n) is 7.85. The van der Waals surface area contributed by atoms with Crippen LogP contribution in [-0.4, -0.2) is 17.0 Å². The van der Waals surface area contributed by atoms with Crippen LogP contribution in [0.4, 0.5) is 10.6 Å². The Balaban J connectivity index is 2.74. The van der Waals surface area contributed by atoms with Crippen LogP contribution in [0.2, 0.25) is 0 Å². The molecule has 0 saturated carbocycles. The number of carbonyl (C=O) groups excluding carboxylic acids is 2. The molecule has 0 aliphatic carbocycles. The monoisotopic (exact) mass is 227 g/mol. The molecule has 2 amide bonds.